The van der Waals surface area contributed by atoms with E-state index in [0.29, 0.717) is 12.3 Å². The fourth-order valence-electron chi connectivity index (χ4n) is 1.83. The molecule has 1 amide bonds. The summed E-state index contributed by atoms with van der Waals surface area (Å²) >= 11 is 1.63. The van der Waals surface area contributed by atoms with E-state index in [2.05, 4.69) is 10.3 Å². The third-order valence-electron chi connectivity index (χ3n) is 2.84. The molecule has 0 aromatic carbocycles. The van der Waals surface area contributed by atoms with Gasteiger partial charge < -0.3 is 9.73 Å². The number of aromatic nitrogens is 1. The van der Waals surface area contributed by atoms with Crippen LogP contribution in [0, 0.1) is 0 Å². The molecule has 3 aromatic heterocycles. The van der Waals surface area contributed by atoms with E-state index in [-0.39, 0.29) is 5.91 Å². The topological polar surface area (TPSA) is 55.1 Å². The van der Waals surface area contributed by atoms with E-state index >= 15 is 0 Å². The van der Waals surface area contributed by atoms with E-state index in [1.807, 2.05) is 29.0 Å². The highest BCUT2D eigenvalue weighted by molar-refractivity contribution is 7.08. The summed E-state index contributed by atoms with van der Waals surface area (Å²) in [6, 6.07) is 9.22. The molecule has 5 heteroatoms. The predicted molar refractivity (Wildman–Crippen MR) is 77.4 cm³/mol. The number of amides is 1. The van der Waals surface area contributed by atoms with E-state index in [4.69, 9.17) is 4.42 Å². The summed E-state index contributed by atoms with van der Waals surface area (Å²) in [5.41, 5.74) is 3.01. The van der Waals surface area contributed by atoms with Crippen LogP contribution < -0.4 is 5.32 Å². The Morgan fingerprint density at radius 1 is 1.35 bits per heavy atom. The monoisotopic (exact) mass is 284 g/mol. The number of nitrogens with zero attached hydrogens (tertiary/aromatic N) is 1. The van der Waals surface area contributed by atoms with Crippen LogP contribution in [0.1, 0.15) is 16.1 Å². The molecule has 0 aliphatic carbocycles. The van der Waals surface area contributed by atoms with E-state index in [0.717, 1.165) is 16.8 Å². The van der Waals surface area contributed by atoms with Crippen molar-refractivity contribution in [1.29, 1.82) is 0 Å². The SMILES string of the molecule is O=C(NCc1ccnc(-c2ccsc2)c1)c1ccco1. The lowest BCUT2D eigenvalue weighted by molar-refractivity contribution is 0.0923. The van der Waals surface area contributed by atoms with Crippen LogP contribution in [0.15, 0.2) is 58.0 Å². The van der Waals surface area contributed by atoms with Crippen molar-refractivity contribution in [2.24, 2.45) is 0 Å². The first-order valence-corrected chi connectivity index (χ1v) is 7.06. The first kappa shape index (κ1) is 12.6. The molecule has 0 saturated carbocycles. The number of nitrogens with one attached hydrogen (secondary N) is 1. The number of hydrogen-bond donors (Lipinski definition) is 1. The second kappa shape index (κ2) is 5.71. The van der Waals surface area contributed by atoms with Gasteiger partial charge in [-0.05, 0) is 41.3 Å². The van der Waals surface area contributed by atoms with Crippen molar-refractivity contribution in [2.45, 2.75) is 6.54 Å². The highest BCUT2D eigenvalue weighted by Gasteiger charge is 2.08. The Morgan fingerprint density at radius 2 is 2.30 bits per heavy atom. The Labute approximate surface area is 120 Å². The zero-order valence-electron chi connectivity index (χ0n) is 10.6. The van der Waals surface area contributed by atoms with E-state index < -0.39 is 0 Å². The largest absolute Gasteiger partial charge is 0.459 e. The van der Waals surface area contributed by atoms with Crippen LogP contribution in [-0.4, -0.2) is 10.9 Å². The van der Waals surface area contributed by atoms with Gasteiger partial charge in [0.15, 0.2) is 5.76 Å². The average Bonchev–Trinajstić information content (AvgIpc) is 3.17. The summed E-state index contributed by atoms with van der Waals surface area (Å²) in [5.74, 6) is 0.0982. The van der Waals surface area contributed by atoms with Crippen molar-refractivity contribution in [2.75, 3.05) is 0 Å². The molecule has 0 atom stereocenters. The van der Waals surface area contributed by atoms with Gasteiger partial charge in [-0.1, -0.05) is 0 Å². The van der Waals surface area contributed by atoms with Crippen molar-refractivity contribution in [3.05, 3.63) is 64.9 Å². The summed E-state index contributed by atoms with van der Waals surface area (Å²) in [4.78, 5) is 16.1. The van der Waals surface area contributed by atoms with Crippen LogP contribution in [0.25, 0.3) is 11.3 Å². The molecule has 100 valence electrons. The van der Waals surface area contributed by atoms with Gasteiger partial charge in [-0.15, -0.1) is 0 Å². The van der Waals surface area contributed by atoms with Gasteiger partial charge in [-0.3, -0.25) is 9.78 Å². The Hall–Kier alpha value is -2.40. The molecule has 0 saturated heterocycles. The maximum absolute atomic E-state index is 11.8. The standard InChI is InChI=1S/C15H12N2O2S/c18-15(14-2-1-6-19-14)17-9-11-3-5-16-13(8-11)12-4-7-20-10-12/h1-8,10H,9H2,(H,17,18). The number of hydrogen-bond acceptors (Lipinski definition) is 4. The lowest BCUT2D eigenvalue weighted by atomic mass is 10.1. The van der Waals surface area contributed by atoms with Gasteiger partial charge in [0.05, 0.1) is 12.0 Å². The summed E-state index contributed by atoms with van der Waals surface area (Å²) in [6.07, 6.45) is 3.23. The molecule has 0 spiro atoms. The number of carbonyl (C=O) groups excluding carboxylic acids is 1. The van der Waals surface area contributed by atoms with Gasteiger partial charge in [-0.2, -0.15) is 11.3 Å². The Kier molecular flexibility index (Phi) is 3.60. The molecular formula is C15H12N2O2S. The molecule has 0 fully saturated rings. The molecule has 4 nitrogen and oxygen atoms in total. The van der Waals surface area contributed by atoms with Gasteiger partial charge in [0, 0.05) is 23.7 Å². The Morgan fingerprint density at radius 3 is 3.05 bits per heavy atom. The van der Waals surface area contributed by atoms with Gasteiger partial charge >= 0.3 is 0 Å². The maximum atomic E-state index is 11.8. The van der Waals surface area contributed by atoms with Crippen molar-refractivity contribution >= 4 is 17.2 Å². The van der Waals surface area contributed by atoms with E-state index in [9.17, 15) is 4.79 Å². The second-order valence-corrected chi connectivity index (χ2v) is 5.00. The number of thiophene rings is 1. The minimum Gasteiger partial charge on any atom is -0.459 e. The second-order valence-electron chi connectivity index (χ2n) is 4.22. The minimum absolute atomic E-state index is 0.219. The maximum Gasteiger partial charge on any atom is 0.287 e. The highest BCUT2D eigenvalue weighted by Crippen LogP contribution is 2.20. The van der Waals surface area contributed by atoms with Crippen LogP contribution in [0.3, 0.4) is 0 Å². The lowest BCUT2D eigenvalue weighted by Gasteiger charge is -2.05. The summed E-state index contributed by atoms with van der Waals surface area (Å²) in [7, 11) is 0. The van der Waals surface area contributed by atoms with Crippen LogP contribution in [0.4, 0.5) is 0 Å². The number of carbonyl (C=O) groups is 1. The van der Waals surface area contributed by atoms with Crippen LogP contribution >= 0.6 is 11.3 Å². The summed E-state index contributed by atoms with van der Waals surface area (Å²) in [6.45, 7) is 0.444. The summed E-state index contributed by atoms with van der Waals surface area (Å²) in [5, 5.41) is 6.88. The molecule has 0 aliphatic heterocycles. The van der Waals surface area contributed by atoms with Gasteiger partial charge in [-0.25, -0.2) is 0 Å². The van der Waals surface area contributed by atoms with Crippen molar-refractivity contribution in [1.82, 2.24) is 10.3 Å². The molecule has 0 radical (unpaired) electrons. The highest BCUT2D eigenvalue weighted by atomic mass is 32.1. The van der Waals surface area contributed by atoms with Gasteiger partial charge in [0.2, 0.25) is 0 Å². The summed E-state index contributed by atoms with van der Waals surface area (Å²) < 4.78 is 5.04. The zero-order valence-corrected chi connectivity index (χ0v) is 11.4. The van der Waals surface area contributed by atoms with Gasteiger partial charge in [0.25, 0.3) is 5.91 Å². The third kappa shape index (κ3) is 2.78. The normalized spacial score (nSPS) is 10.4. The molecule has 0 unspecified atom stereocenters. The Bertz CT molecular complexity index is 691. The fraction of sp³-hybridized carbons (Fsp3) is 0.0667. The smallest absolute Gasteiger partial charge is 0.287 e. The first-order valence-electron chi connectivity index (χ1n) is 6.12. The van der Waals surface area contributed by atoms with Crippen LogP contribution in [-0.2, 0) is 6.54 Å². The molecule has 1 N–H and O–H groups in total. The molecule has 20 heavy (non-hydrogen) atoms. The molecular weight excluding hydrogens is 272 g/mol. The van der Waals surface area contributed by atoms with Crippen molar-refractivity contribution < 1.29 is 9.21 Å². The van der Waals surface area contributed by atoms with Crippen molar-refractivity contribution in [3.8, 4) is 11.3 Å². The molecule has 3 rings (SSSR count). The van der Waals surface area contributed by atoms with Crippen LogP contribution in [0.2, 0.25) is 0 Å². The number of furan rings is 1. The fourth-order valence-corrected chi connectivity index (χ4v) is 2.48. The molecule has 3 aromatic rings. The third-order valence-corrected chi connectivity index (χ3v) is 3.52. The molecule has 0 aliphatic rings. The van der Waals surface area contributed by atoms with E-state index in [1.54, 1.807) is 29.7 Å². The van der Waals surface area contributed by atoms with Gasteiger partial charge in [0.1, 0.15) is 0 Å². The number of rotatable bonds is 4. The predicted octanol–water partition coefficient (Wildman–Crippen LogP) is 3.33. The zero-order chi connectivity index (χ0) is 13.8. The molecule has 3 heterocycles. The Balaban J connectivity index is 1.69. The molecule has 0 bridgehead atoms. The van der Waals surface area contributed by atoms with E-state index in [1.165, 1.54) is 6.26 Å². The minimum atomic E-state index is -0.219. The lowest BCUT2D eigenvalue weighted by Crippen LogP contribution is -2.22. The average molecular weight is 284 g/mol. The first-order chi connectivity index (χ1) is 9.83. The van der Waals surface area contributed by atoms with Crippen LogP contribution in [0.5, 0.6) is 0 Å². The number of pyridine rings is 1. The quantitative estimate of drug-likeness (QED) is 0.799. The van der Waals surface area contributed by atoms with Crippen molar-refractivity contribution in [3.63, 3.8) is 0 Å².